The Hall–Kier alpha value is -1.71. The summed E-state index contributed by atoms with van der Waals surface area (Å²) in [5, 5.41) is 9.56. The van der Waals surface area contributed by atoms with Gasteiger partial charge in [0.05, 0.1) is 6.04 Å². The van der Waals surface area contributed by atoms with Gasteiger partial charge in [0.2, 0.25) is 0 Å². The van der Waals surface area contributed by atoms with E-state index in [1.165, 1.54) is 0 Å². The van der Waals surface area contributed by atoms with Crippen molar-refractivity contribution in [2.45, 2.75) is 64.7 Å². The van der Waals surface area contributed by atoms with Gasteiger partial charge in [-0.05, 0) is 47.1 Å². The van der Waals surface area contributed by atoms with Crippen molar-refractivity contribution in [2.24, 2.45) is 4.99 Å². The predicted octanol–water partition coefficient (Wildman–Crippen LogP) is 3.99. The van der Waals surface area contributed by atoms with Gasteiger partial charge in [0.1, 0.15) is 17.0 Å². The van der Waals surface area contributed by atoms with Crippen LogP contribution in [0.5, 0.6) is 5.75 Å². The number of halogens is 1. The Morgan fingerprint density at radius 1 is 1.24 bits per heavy atom. The van der Waals surface area contributed by atoms with Gasteiger partial charge in [0.15, 0.2) is 5.96 Å². The number of carbonyl (C=O) groups is 1. The number of guanidine groups is 1. The Kier molecular flexibility index (Phi) is 9.51. The summed E-state index contributed by atoms with van der Waals surface area (Å²) in [6.45, 7) is 10.9. The average molecular weight is 518 g/mol. The molecule has 3 N–H and O–H groups in total. The number of para-hydroxylation sites is 1. The van der Waals surface area contributed by atoms with Crippen LogP contribution in [-0.4, -0.2) is 43.4 Å². The highest BCUT2D eigenvalue weighted by atomic mass is 127. The van der Waals surface area contributed by atoms with Crippen LogP contribution in [0.4, 0.5) is 4.79 Å². The van der Waals surface area contributed by atoms with Gasteiger partial charge >= 0.3 is 6.09 Å². The highest BCUT2D eigenvalue weighted by Crippen LogP contribution is 2.39. The van der Waals surface area contributed by atoms with Crippen molar-refractivity contribution in [3.05, 3.63) is 29.8 Å². The zero-order valence-electron chi connectivity index (χ0n) is 18.3. The highest BCUT2D eigenvalue weighted by molar-refractivity contribution is 14.0. The maximum atomic E-state index is 11.7. The summed E-state index contributed by atoms with van der Waals surface area (Å²) >= 11 is 0. The van der Waals surface area contributed by atoms with Gasteiger partial charge in [0.25, 0.3) is 0 Å². The van der Waals surface area contributed by atoms with E-state index in [0.29, 0.717) is 13.1 Å². The standard InChI is InChI=1S/C21H34N4O3.HI/c1-20(2,3)28-19(26)24-13-9-12-23-18(22-6)25-16-14-21(4,5)27-17-11-8-7-10-15(16)17;/h7-8,10-11,16H,9,12-14H2,1-6H3,(H,24,26)(H2,22,23,25);1H. The van der Waals surface area contributed by atoms with Crippen molar-refractivity contribution in [1.29, 1.82) is 0 Å². The number of aliphatic imine (C=N–C) groups is 1. The van der Waals surface area contributed by atoms with Gasteiger partial charge in [-0.15, -0.1) is 24.0 Å². The van der Waals surface area contributed by atoms with Crippen LogP contribution in [-0.2, 0) is 4.74 Å². The summed E-state index contributed by atoms with van der Waals surface area (Å²) in [4.78, 5) is 16.0. The molecule has 0 saturated heterocycles. The van der Waals surface area contributed by atoms with Gasteiger partial charge in [-0.2, -0.15) is 0 Å². The van der Waals surface area contributed by atoms with E-state index in [2.05, 4.69) is 40.9 Å². The topological polar surface area (TPSA) is 84.0 Å². The molecule has 0 aliphatic carbocycles. The maximum Gasteiger partial charge on any atom is 0.407 e. The number of alkyl carbamates (subject to hydrolysis) is 1. The Morgan fingerprint density at radius 3 is 2.55 bits per heavy atom. The second-order valence-corrected chi connectivity index (χ2v) is 8.58. The number of nitrogens with zero attached hydrogens (tertiary/aromatic N) is 1. The molecule has 0 spiro atoms. The van der Waals surface area contributed by atoms with Crippen molar-refractivity contribution < 1.29 is 14.3 Å². The van der Waals surface area contributed by atoms with Crippen molar-refractivity contribution in [3.63, 3.8) is 0 Å². The number of amides is 1. The Balaban J connectivity index is 0.00000420. The van der Waals surface area contributed by atoms with Crippen molar-refractivity contribution in [2.75, 3.05) is 20.1 Å². The van der Waals surface area contributed by atoms with E-state index in [9.17, 15) is 4.79 Å². The van der Waals surface area contributed by atoms with E-state index in [0.717, 1.165) is 30.1 Å². The molecule has 29 heavy (non-hydrogen) atoms. The third-order valence-electron chi connectivity index (χ3n) is 4.23. The molecule has 164 valence electrons. The summed E-state index contributed by atoms with van der Waals surface area (Å²) in [7, 11) is 1.75. The van der Waals surface area contributed by atoms with Crippen LogP contribution in [0.3, 0.4) is 0 Å². The smallest absolute Gasteiger partial charge is 0.407 e. The molecule has 1 atom stereocenters. The molecule has 1 aromatic carbocycles. The number of rotatable bonds is 5. The second-order valence-electron chi connectivity index (χ2n) is 8.58. The molecule has 7 nitrogen and oxygen atoms in total. The van der Waals surface area contributed by atoms with Gasteiger partial charge in [-0.25, -0.2) is 4.79 Å². The first kappa shape index (κ1) is 25.3. The Bertz CT molecular complexity index is 701. The first-order chi connectivity index (χ1) is 13.1. The van der Waals surface area contributed by atoms with Crippen LogP contribution >= 0.6 is 24.0 Å². The Morgan fingerprint density at radius 2 is 1.90 bits per heavy atom. The fraction of sp³-hybridized carbons (Fsp3) is 0.619. The molecule has 0 saturated carbocycles. The molecule has 1 aliphatic rings. The zero-order valence-corrected chi connectivity index (χ0v) is 20.6. The lowest BCUT2D eigenvalue weighted by molar-refractivity contribution is 0.0527. The van der Waals surface area contributed by atoms with Gasteiger partial charge in [-0.3, -0.25) is 4.99 Å². The van der Waals surface area contributed by atoms with Gasteiger partial charge < -0.3 is 25.4 Å². The van der Waals surface area contributed by atoms with Gasteiger partial charge in [-0.1, -0.05) is 18.2 Å². The molecule has 1 heterocycles. The summed E-state index contributed by atoms with van der Waals surface area (Å²) in [5.74, 6) is 1.64. The van der Waals surface area contributed by atoms with E-state index in [1.807, 2.05) is 39.0 Å². The van der Waals surface area contributed by atoms with Crippen LogP contribution < -0.4 is 20.7 Å². The maximum absolute atomic E-state index is 11.7. The van der Waals surface area contributed by atoms with Crippen LogP contribution in [0.25, 0.3) is 0 Å². The lowest BCUT2D eigenvalue weighted by atomic mass is 9.90. The molecule has 1 aliphatic heterocycles. The largest absolute Gasteiger partial charge is 0.487 e. The van der Waals surface area contributed by atoms with E-state index >= 15 is 0 Å². The molecular formula is C21H35IN4O3. The third kappa shape index (κ3) is 8.67. The Labute approximate surface area is 191 Å². The van der Waals surface area contributed by atoms with Crippen molar-refractivity contribution in [3.8, 4) is 5.75 Å². The number of hydrogen-bond acceptors (Lipinski definition) is 4. The minimum absolute atomic E-state index is 0. The number of carbonyl (C=O) groups excluding carboxylic acids is 1. The molecule has 8 heteroatoms. The fourth-order valence-electron chi connectivity index (χ4n) is 3.09. The van der Waals surface area contributed by atoms with E-state index in [-0.39, 0.29) is 35.6 Å². The number of nitrogens with one attached hydrogen (secondary N) is 3. The number of ether oxygens (including phenoxy) is 2. The normalized spacial score (nSPS) is 17.9. The minimum atomic E-state index is -0.484. The monoisotopic (exact) mass is 518 g/mol. The molecule has 0 fully saturated rings. The summed E-state index contributed by atoms with van der Waals surface area (Å²) in [5.41, 5.74) is 0.404. The van der Waals surface area contributed by atoms with Crippen LogP contribution in [0.2, 0.25) is 0 Å². The van der Waals surface area contributed by atoms with E-state index < -0.39 is 11.7 Å². The molecular weight excluding hydrogens is 483 g/mol. The zero-order chi connectivity index (χ0) is 20.8. The molecule has 0 bridgehead atoms. The molecule has 0 aromatic heterocycles. The first-order valence-electron chi connectivity index (χ1n) is 9.82. The molecule has 2 rings (SSSR count). The SMILES string of the molecule is CN=C(NCCCNC(=O)OC(C)(C)C)NC1CC(C)(C)Oc2ccccc21.I. The predicted molar refractivity (Wildman–Crippen MR) is 127 cm³/mol. The lowest BCUT2D eigenvalue weighted by Crippen LogP contribution is -2.45. The highest BCUT2D eigenvalue weighted by Gasteiger charge is 2.33. The van der Waals surface area contributed by atoms with Crippen LogP contribution in [0.15, 0.2) is 29.3 Å². The molecule has 1 amide bonds. The lowest BCUT2D eigenvalue weighted by Gasteiger charge is -2.38. The summed E-state index contributed by atoms with van der Waals surface area (Å²) < 4.78 is 11.3. The molecule has 1 aromatic rings. The number of fused-ring (bicyclic) bond motifs is 1. The number of hydrogen-bond donors (Lipinski definition) is 3. The number of benzene rings is 1. The van der Waals surface area contributed by atoms with E-state index in [4.69, 9.17) is 9.47 Å². The summed E-state index contributed by atoms with van der Waals surface area (Å²) in [6, 6.07) is 8.21. The molecule has 1 unspecified atom stereocenters. The second kappa shape index (κ2) is 10.9. The van der Waals surface area contributed by atoms with Crippen LogP contribution in [0, 0.1) is 0 Å². The average Bonchev–Trinajstić information content (AvgIpc) is 2.57. The molecule has 0 radical (unpaired) electrons. The quantitative estimate of drug-likeness (QED) is 0.238. The van der Waals surface area contributed by atoms with Crippen molar-refractivity contribution >= 4 is 36.0 Å². The summed E-state index contributed by atoms with van der Waals surface area (Å²) in [6.07, 6.45) is 1.21. The minimum Gasteiger partial charge on any atom is -0.487 e. The van der Waals surface area contributed by atoms with Crippen LogP contribution in [0.1, 0.15) is 59.1 Å². The van der Waals surface area contributed by atoms with Crippen molar-refractivity contribution in [1.82, 2.24) is 16.0 Å². The first-order valence-corrected chi connectivity index (χ1v) is 9.82. The van der Waals surface area contributed by atoms with Gasteiger partial charge in [0, 0.05) is 32.1 Å². The fourth-order valence-corrected chi connectivity index (χ4v) is 3.09. The third-order valence-corrected chi connectivity index (χ3v) is 4.23. The van der Waals surface area contributed by atoms with E-state index in [1.54, 1.807) is 7.05 Å².